The molecule has 0 spiro atoms. The number of nitrogens with zero attached hydrogens (tertiary/aromatic N) is 2. The second-order valence-electron chi connectivity index (χ2n) is 10.2. The molecule has 0 radical (unpaired) electrons. The topological polar surface area (TPSA) is 56.1 Å². The number of carbonyl (C=O) groups is 1. The van der Waals surface area contributed by atoms with Gasteiger partial charge in [-0.15, -0.1) is 11.8 Å². The zero-order valence-corrected chi connectivity index (χ0v) is 23.6. The lowest BCUT2D eigenvalue weighted by Gasteiger charge is -2.40. The van der Waals surface area contributed by atoms with Crippen LogP contribution in [0, 0.1) is 11.3 Å². The van der Waals surface area contributed by atoms with Crippen LogP contribution in [0.1, 0.15) is 79.2 Å². The molecule has 4 nitrogen and oxygen atoms in total. The molecule has 1 N–H and O–H groups in total. The van der Waals surface area contributed by atoms with E-state index in [-0.39, 0.29) is 11.3 Å². The van der Waals surface area contributed by atoms with Gasteiger partial charge in [-0.2, -0.15) is 5.26 Å². The molecule has 0 atom stereocenters. The van der Waals surface area contributed by atoms with Gasteiger partial charge in [0.25, 0.3) is 5.91 Å². The van der Waals surface area contributed by atoms with Crippen molar-refractivity contribution in [3.05, 3.63) is 100 Å². The van der Waals surface area contributed by atoms with Gasteiger partial charge in [0.15, 0.2) is 0 Å². The normalized spacial score (nSPS) is 14.1. The van der Waals surface area contributed by atoms with E-state index in [2.05, 4.69) is 87.3 Å². The molecule has 1 amide bonds. The van der Waals surface area contributed by atoms with E-state index in [0.29, 0.717) is 17.7 Å². The Balaban J connectivity index is 0.00000121. The number of amides is 1. The van der Waals surface area contributed by atoms with Crippen LogP contribution in [0.25, 0.3) is 0 Å². The van der Waals surface area contributed by atoms with Crippen LogP contribution in [-0.4, -0.2) is 23.1 Å². The van der Waals surface area contributed by atoms with Crippen LogP contribution < -0.4 is 5.32 Å². The first-order valence-electron chi connectivity index (χ1n) is 13.1. The minimum Gasteiger partial charge on any atom is -0.348 e. The summed E-state index contributed by atoms with van der Waals surface area (Å²) in [4.78, 5) is 16.6. The number of nitriles is 1. The Bertz CT molecular complexity index is 1210. The summed E-state index contributed by atoms with van der Waals surface area (Å²) >= 11 is 1.82. The predicted molar refractivity (Wildman–Crippen MR) is 155 cm³/mol. The monoisotopic (exact) mass is 513 g/mol. The van der Waals surface area contributed by atoms with Crippen molar-refractivity contribution in [1.82, 2.24) is 10.2 Å². The number of carbonyl (C=O) groups excluding carboxylic acids is 1. The highest BCUT2D eigenvalue weighted by Crippen LogP contribution is 2.34. The van der Waals surface area contributed by atoms with Crippen LogP contribution >= 0.6 is 11.8 Å². The van der Waals surface area contributed by atoms with Crippen LogP contribution in [0.2, 0.25) is 0 Å². The van der Waals surface area contributed by atoms with E-state index in [1.54, 1.807) is 0 Å². The molecule has 1 aliphatic rings. The van der Waals surface area contributed by atoms with Crippen molar-refractivity contribution in [1.29, 1.82) is 5.26 Å². The maximum absolute atomic E-state index is 12.9. The predicted octanol–water partition coefficient (Wildman–Crippen LogP) is 7.31. The van der Waals surface area contributed by atoms with Crippen molar-refractivity contribution in [3.8, 4) is 6.07 Å². The third kappa shape index (κ3) is 7.95. The fraction of sp³-hybridized carbons (Fsp3) is 0.375. The van der Waals surface area contributed by atoms with E-state index < -0.39 is 0 Å². The lowest BCUT2D eigenvalue weighted by atomic mass is 9.77. The highest BCUT2D eigenvalue weighted by molar-refractivity contribution is 7.99. The van der Waals surface area contributed by atoms with Gasteiger partial charge in [0.2, 0.25) is 0 Å². The maximum atomic E-state index is 12.9. The average Bonchev–Trinajstić information content (AvgIpc) is 2.89. The van der Waals surface area contributed by atoms with Crippen molar-refractivity contribution >= 4 is 17.7 Å². The lowest BCUT2D eigenvalue weighted by Crippen LogP contribution is -2.42. The van der Waals surface area contributed by atoms with Crippen molar-refractivity contribution in [2.24, 2.45) is 0 Å². The van der Waals surface area contributed by atoms with Crippen molar-refractivity contribution in [2.45, 2.75) is 71.0 Å². The molecule has 1 aliphatic heterocycles. The molecule has 0 unspecified atom stereocenters. The van der Waals surface area contributed by atoms with E-state index in [4.69, 9.17) is 5.26 Å². The molecule has 5 heteroatoms. The van der Waals surface area contributed by atoms with E-state index >= 15 is 0 Å². The van der Waals surface area contributed by atoms with E-state index in [1.165, 1.54) is 28.0 Å². The minimum atomic E-state index is -0.0662. The largest absolute Gasteiger partial charge is 0.348 e. The number of benzene rings is 3. The molecule has 0 aromatic heterocycles. The SMILES string of the molecule is CCC.CCSc1ccc(CNC(=O)c2ccc3c(c2)C(C)(C)CN(Cc2ccc(C#N)cc2)C3)cc1. The Morgan fingerprint density at radius 2 is 1.65 bits per heavy atom. The van der Waals surface area contributed by atoms with Gasteiger partial charge in [-0.05, 0) is 64.4 Å². The third-order valence-corrected chi connectivity index (χ3v) is 7.18. The van der Waals surface area contributed by atoms with Gasteiger partial charge in [-0.1, -0.05) is 71.4 Å². The number of rotatable bonds is 7. The maximum Gasteiger partial charge on any atom is 0.251 e. The van der Waals surface area contributed by atoms with Gasteiger partial charge in [-0.25, -0.2) is 0 Å². The minimum absolute atomic E-state index is 0.0365. The second kappa shape index (κ2) is 13.5. The summed E-state index contributed by atoms with van der Waals surface area (Å²) in [7, 11) is 0. The van der Waals surface area contributed by atoms with Gasteiger partial charge in [-0.3, -0.25) is 9.69 Å². The molecule has 3 aromatic carbocycles. The van der Waals surface area contributed by atoms with Crippen molar-refractivity contribution in [3.63, 3.8) is 0 Å². The number of hydrogen-bond acceptors (Lipinski definition) is 4. The third-order valence-electron chi connectivity index (χ3n) is 6.29. The molecule has 0 saturated heterocycles. The zero-order chi connectivity index (χ0) is 26.8. The fourth-order valence-corrected chi connectivity index (χ4v) is 5.30. The van der Waals surface area contributed by atoms with E-state index in [9.17, 15) is 4.79 Å². The van der Waals surface area contributed by atoms with E-state index in [1.807, 2.05) is 42.1 Å². The summed E-state index contributed by atoms with van der Waals surface area (Å²) in [6.45, 7) is 14.0. The molecule has 3 aromatic rings. The zero-order valence-electron chi connectivity index (χ0n) is 22.8. The summed E-state index contributed by atoms with van der Waals surface area (Å²) < 4.78 is 0. The van der Waals surface area contributed by atoms with Crippen LogP contribution in [0.5, 0.6) is 0 Å². The van der Waals surface area contributed by atoms with E-state index in [0.717, 1.165) is 31.0 Å². The van der Waals surface area contributed by atoms with Gasteiger partial charge in [0, 0.05) is 42.1 Å². The highest BCUT2D eigenvalue weighted by Gasteiger charge is 2.32. The number of thioether (sulfide) groups is 1. The summed E-state index contributed by atoms with van der Waals surface area (Å²) in [5, 5.41) is 12.1. The second-order valence-corrected chi connectivity index (χ2v) is 11.5. The molecule has 1 heterocycles. The first-order chi connectivity index (χ1) is 17.8. The van der Waals surface area contributed by atoms with Crippen LogP contribution in [0.3, 0.4) is 0 Å². The summed E-state index contributed by atoms with van der Waals surface area (Å²) in [5.74, 6) is 1.02. The molecule has 0 aliphatic carbocycles. The number of fused-ring (bicyclic) bond motifs is 1. The summed E-state index contributed by atoms with van der Waals surface area (Å²) in [5.41, 5.74) is 6.16. The van der Waals surface area contributed by atoms with Gasteiger partial charge in [0.05, 0.1) is 11.6 Å². The molecule has 4 rings (SSSR count). The smallest absolute Gasteiger partial charge is 0.251 e. The Morgan fingerprint density at radius 1 is 1.00 bits per heavy atom. The number of nitrogens with one attached hydrogen (secondary N) is 1. The molecule has 0 fully saturated rings. The first kappa shape index (κ1) is 28.5. The fourth-order valence-electron chi connectivity index (χ4n) is 4.64. The Hall–Kier alpha value is -3.07. The molecule has 0 saturated carbocycles. The first-order valence-corrected chi connectivity index (χ1v) is 14.1. The molecular weight excluding hydrogens is 474 g/mol. The van der Waals surface area contributed by atoms with Gasteiger partial charge >= 0.3 is 0 Å². The number of hydrogen-bond donors (Lipinski definition) is 1. The van der Waals surface area contributed by atoms with Crippen molar-refractivity contribution in [2.75, 3.05) is 12.3 Å². The average molecular weight is 514 g/mol. The highest BCUT2D eigenvalue weighted by atomic mass is 32.2. The molecular formula is C32H39N3OS. The standard InChI is InChI=1S/C29H31N3OS.C3H8/c1-4-34-26-13-9-22(10-14-26)17-31-28(33)24-11-12-25-19-32(20-29(2,3)27(25)15-24)18-23-7-5-21(16-30)6-8-23;1-3-2/h5-15H,4,17-20H2,1-3H3,(H,31,33);3H2,1-2H3. The quantitative estimate of drug-likeness (QED) is 0.337. The lowest BCUT2D eigenvalue weighted by molar-refractivity contribution is 0.0950. The Kier molecular flexibility index (Phi) is 10.4. The van der Waals surface area contributed by atoms with Crippen LogP contribution in [0.4, 0.5) is 0 Å². The summed E-state index contributed by atoms with van der Waals surface area (Å²) in [6, 6.07) is 24.5. The van der Waals surface area contributed by atoms with Gasteiger partial charge < -0.3 is 5.32 Å². The van der Waals surface area contributed by atoms with Crippen LogP contribution in [0.15, 0.2) is 71.6 Å². The molecule has 0 bridgehead atoms. The van der Waals surface area contributed by atoms with Crippen molar-refractivity contribution < 1.29 is 4.79 Å². The Labute approximate surface area is 227 Å². The van der Waals surface area contributed by atoms with Gasteiger partial charge in [0.1, 0.15) is 0 Å². The molecule has 194 valence electrons. The van der Waals surface area contributed by atoms with Crippen LogP contribution in [-0.2, 0) is 25.0 Å². The Morgan fingerprint density at radius 3 is 2.27 bits per heavy atom. The molecule has 37 heavy (non-hydrogen) atoms. The summed E-state index contributed by atoms with van der Waals surface area (Å²) in [6.07, 6.45) is 1.25.